The molecule has 0 aliphatic rings. The summed E-state index contributed by atoms with van der Waals surface area (Å²) in [5.41, 5.74) is 1.00. The number of aromatic nitrogens is 2. The minimum Gasteiger partial charge on any atom is -0.467 e. The van der Waals surface area contributed by atoms with Crippen molar-refractivity contribution in [3.8, 4) is 5.69 Å². The molecule has 1 unspecified atom stereocenters. The fourth-order valence-corrected chi connectivity index (χ4v) is 2.25. The topological polar surface area (TPSA) is 80.3 Å². The van der Waals surface area contributed by atoms with Gasteiger partial charge in [0.1, 0.15) is 11.9 Å². The SMILES string of the molecule is O=C(NCC(O)c1ccco1)c1ccn(-c2cccc(Cl)c2)n1. The molecule has 118 valence electrons. The number of rotatable bonds is 5. The average Bonchev–Trinajstić information content (AvgIpc) is 3.23. The lowest BCUT2D eigenvalue weighted by atomic mass is 10.2. The Hall–Kier alpha value is -2.57. The van der Waals surface area contributed by atoms with Crippen LogP contribution in [0.1, 0.15) is 22.4 Å². The summed E-state index contributed by atoms with van der Waals surface area (Å²) < 4.78 is 6.63. The smallest absolute Gasteiger partial charge is 0.271 e. The number of hydrogen-bond donors (Lipinski definition) is 2. The summed E-state index contributed by atoms with van der Waals surface area (Å²) in [7, 11) is 0. The number of halogens is 1. The molecule has 2 aromatic heterocycles. The highest BCUT2D eigenvalue weighted by Gasteiger charge is 2.14. The van der Waals surface area contributed by atoms with Gasteiger partial charge in [0.15, 0.2) is 5.69 Å². The first-order valence-corrected chi connectivity index (χ1v) is 7.32. The van der Waals surface area contributed by atoms with E-state index in [4.69, 9.17) is 16.0 Å². The third-order valence-corrected chi connectivity index (χ3v) is 3.46. The van der Waals surface area contributed by atoms with Crippen molar-refractivity contribution in [1.29, 1.82) is 0 Å². The predicted molar refractivity (Wildman–Crippen MR) is 84.6 cm³/mol. The van der Waals surface area contributed by atoms with Gasteiger partial charge in [-0.15, -0.1) is 0 Å². The highest BCUT2D eigenvalue weighted by molar-refractivity contribution is 6.30. The molecular weight excluding hydrogens is 318 g/mol. The minimum atomic E-state index is -0.899. The molecule has 7 heteroatoms. The van der Waals surface area contributed by atoms with Crippen LogP contribution in [0.5, 0.6) is 0 Å². The van der Waals surface area contributed by atoms with Crippen LogP contribution in [0.4, 0.5) is 0 Å². The Labute approximate surface area is 137 Å². The lowest BCUT2D eigenvalue weighted by molar-refractivity contribution is 0.0896. The number of furan rings is 1. The van der Waals surface area contributed by atoms with Crippen LogP contribution in [0, 0.1) is 0 Å². The second-order valence-electron chi connectivity index (χ2n) is 4.87. The molecule has 2 N–H and O–H groups in total. The van der Waals surface area contributed by atoms with E-state index in [2.05, 4.69) is 10.4 Å². The zero-order valence-corrected chi connectivity index (χ0v) is 12.8. The summed E-state index contributed by atoms with van der Waals surface area (Å²) >= 11 is 5.94. The highest BCUT2D eigenvalue weighted by atomic mass is 35.5. The second-order valence-corrected chi connectivity index (χ2v) is 5.30. The Morgan fingerprint density at radius 3 is 2.96 bits per heavy atom. The minimum absolute atomic E-state index is 0.0381. The lowest BCUT2D eigenvalue weighted by Gasteiger charge is -2.08. The summed E-state index contributed by atoms with van der Waals surface area (Å²) in [6.07, 6.45) is 2.24. The molecule has 0 radical (unpaired) electrons. The Morgan fingerprint density at radius 1 is 1.35 bits per heavy atom. The van der Waals surface area contributed by atoms with Gasteiger partial charge in [0.2, 0.25) is 0 Å². The number of nitrogens with zero attached hydrogens (tertiary/aromatic N) is 2. The number of aliphatic hydroxyl groups excluding tert-OH is 1. The quantitative estimate of drug-likeness (QED) is 0.753. The van der Waals surface area contributed by atoms with Crippen LogP contribution in [-0.4, -0.2) is 27.3 Å². The highest BCUT2D eigenvalue weighted by Crippen LogP contribution is 2.15. The maximum Gasteiger partial charge on any atom is 0.271 e. The van der Waals surface area contributed by atoms with Crippen molar-refractivity contribution in [3.63, 3.8) is 0 Å². The van der Waals surface area contributed by atoms with E-state index in [-0.39, 0.29) is 18.1 Å². The van der Waals surface area contributed by atoms with Gasteiger partial charge in [-0.2, -0.15) is 5.10 Å². The predicted octanol–water partition coefficient (Wildman–Crippen LogP) is 2.58. The van der Waals surface area contributed by atoms with Crippen LogP contribution in [0.3, 0.4) is 0 Å². The monoisotopic (exact) mass is 331 g/mol. The van der Waals surface area contributed by atoms with Crippen LogP contribution < -0.4 is 5.32 Å². The fourth-order valence-electron chi connectivity index (χ4n) is 2.07. The van der Waals surface area contributed by atoms with Crippen molar-refractivity contribution in [1.82, 2.24) is 15.1 Å². The van der Waals surface area contributed by atoms with Crippen molar-refractivity contribution in [2.24, 2.45) is 0 Å². The van der Waals surface area contributed by atoms with Crippen molar-refractivity contribution < 1.29 is 14.3 Å². The van der Waals surface area contributed by atoms with Crippen LogP contribution in [0.15, 0.2) is 59.3 Å². The molecule has 0 spiro atoms. The van der Waals surface area contributed by atoms with E-state index in [1.807, 2.05) is 6.07 Å². The third-order valence-electron chi connectivity index (χ3n) is 3.22. The van der Waals surface area contributed by atoms with Gasteiger partial charge in [-0.25, -0.2) is 4.68 Å². The molecule has 0 aliphatic heterocycles. The fraction of sp³-hybridized carbons (Fsp3) is 0.125. The molecule has 0 fully saturated rings. The Balaban J connectivity index is 1.64. The van der Waals surface area contributed by atoms with Gasteiger partial charge in [-0.05, 0) is 36.4 Å². The number of amides is 1. The Morgan fingerprint density at radius 2 is 2.22 bits per heavy atom. The molecule has 1 amide bonds. The van der Waals surface area contributed by atoms with Crippen molar-refractivity contribution in [3.05, 3.63) is 71.4 Å². The summed E-state index contributed by atoms with van der Waals surface area (Å²) in [6.45, 7) is 0.0381. The Kier molecular flexibility index (Phi) is 4.45. The second kappa shape index (κ2) is 6.68. The average molecular weight is 332 g/mol. The summed E-state index contributed by atoms with van der Waals surface area (Å²) in [6, 6.07) is 12.1. The first-order chi connectivity index (χ1) is 11.1. The van der Waals surface area contributed by atoms with Gasteiger partial charge in [0, 0.05) is 11.2 Å². The number of hydrogen-bond acceptors (Lipinski definition) is 4. The maximum absolute atomic E-state index is 12.1. The third kappa shape index (κ3) is 3.61. The molecule has 3 rings (SSSR count). The van der Waals surface area contributed by atoms with E-state index in [0.29, 0.717) is 10.8 Å². The molecule has 0 aliphatic carbocycles. The molecule has 0 saturated carbocycles. The lowest BCUT2D eigenvalue weighted by Crippen LogP contribution is -2.28. The molecular formula is C16H14ClN3O3. The molecule has 23 heavy (non-hydrogen) atoms. The van der Waals surface area contributed by atoms with Gasteiger partial charge < -0.3 is 14.8 Å². The van der Waals surface area contributed by atoms with E-state index in [1.54, 1.807) is 47.3 Å². The van der Waals surface area contributed by atoms with E-state index < -0.39 is 6.10 Å². The van der Waals surface area contributed by atoms with Gasteiger partial charge in [0.05, 0.1) is 18.5 Å². The van der Waals surface area contributed by atoms with Crippen molar-refractivity contribution in [2.75, 3.05) is 6.54 Å². The molecule has 0 saturated heterocycles. The van der Waals surface area contributed by atoms with Gasteiger partial charge in [-0.1, -0.05) is 17.7 Å². The number of nitrogens with one attached hydrogen (secondary N) is 1. The van der Waals surface area contributed by atoms with E-state index >= 15 is 0 Å². The summed E-state index contributed by atoms with van der Waals surface area (Å²) in [4.78, 5) is 12.1. The number of aliphatic hydroxyl groups is 1. The van der Waals surface area contributed by atoms with Gasteiger partial charge >= 0.3 is 0 Å². The normalized spacial score (nSPS) is 12.1. The first kappa shape index (κ1) is 15.3. The molecule has 1 atom stereocenters. The number of carbonyl (C=O) groups excluding carboxylic acids is 1. The molecule has 2 heterocycles. The standard InChI is InChI=1S/C16H14ClN3O3/c17-11-3-1-4-12(9-11)20-7-6-13(19-20)16(22)18-10-14(21)15-5-2-8-23-15/h1-9,14,21H,10H2,(H,18,22). The van der Waals surface area contributed by atoms with E-state index in [9.17, 15) is 9.90 Å². The number of carbonyl (C=O) groups is 1. The zero-order chi connectivity index (χ0) is 16.2. The Bertz CT molecular complexity index is 799. The number of benzene rings is 1. The molecule has 3 aromatic rings. The van der Waals surface area contributed by atoms with Gasteiger partial charge in [0.25, 0.3) is 5.91 Å². The first-order valence-electron chi connectivity index (χ1n) is 6.95. The largest absolute Gasteiger partial charge is 0.467 e. The summed E-state index contributed by atoms with van der Waals surface area (Å²) in [5, 5.41) is 17.3. The van der Waals surface area contributed by atoms with Crippen LogP contribution in [-0.2, 0) is 0 Å². The molecule has 1 aromatic carbocycles. The van der Waals surface area contributed by atoms with Crippen LogP contribution >= 0.6 is 11.6 Å². The molecule has 6 nitrogen and oxygen atoms in total. The summed E-state index contributed by atoms with van der Waals surface area (Å²) in [5.74, 6) is 0.0196. The van der Waals surface area contributed by atoms with Crippen LogP contribution in [0.2, 0.25) is 5.02 Å². The van der Waals surface area contributed by atoms with Gasteiger partial charge in [-0.3, -0.25) is 4.79 Å². The van der Waals surface area contributed by atoms with Crippen LogP contribution in [0.25, 0.3) is 5.69 Å². The molecule has 0 bridgehead atoms. The van der Waals surface area contributed by atoms with Crippen molar-refractivity contribution in [2.45, 2.75) is 6.10 Å². The van der Waals surface area contributed by atoms with E-state index in [0.717, 1.165) is 5.69 Å². The van der Waals surface area contributed by atoms with Crippen molar-refractivity contribution >= 4 is 17.5 Å². The maximum atomic E-state index is 12.1. The van der Waals surface area contributed by atoms with E-state index in [1.165, 1.54) is 6.26 Å². The zero-order valence-electron chi connectivity index (χ0n) is 12.0.